The molecule has 2 aliphatic rings. The fourth-order valence-electron chi connectivity index (χ4n) is 3.75. The predicted octanol–water partition coefficient (Wildman–Crippen LogP) is 4.21. The van der Waals surface area contributed by atoms with Crippen LogP contribution in [0.5, 0.6) is 5.75 Å². The minimum atomic E-state index is -0.361. The maximum absolute atomic E-state index is 14.4. The number of phenolic OH excluding ortho intramolecular Hbond substituents is 1. The van der Waals surface area contributed by atoms with Gasteiger partial charge in [-0.15, -0.1) is 0 Å². The number of hydrogen-bond donors (Lipinski definition) is 1. The molecule has 6 heteroatoms. The quantitative estimate of drug-likeness (QED) is 0.865. The Kier molecular flexibility index (Phi) is 4.56. The smallest absolute Gasteiger partial charge is 0.341 e. The van der Waals surface area contributed by atoms with Crippen molar-refractivity contribution in [2.75, 3.05) is 13.1 Å². The molecule has 2 heterocycles. The number of hydrogen-bond acceptors (Lipinski definition) is 3. The highest BCUT2D eigenvalue weighted by atomic mass is 19.1. The number of nitrogens with zero attached hydrogens (tertiary/aromatic N) is 3. The molecule has 0 bridgehead atoms. The Bertz CT molecular complexity index is 906. The summed E-state index contributed by atoms with van der Waals surface area (Å²) in [6.07, 6.45) is 2.38. The lowest BCUT2D eigenvalue weighted by atomic mass is 9.97. The molecule has 1 atom stereocenters. The Hall–Kier alpha value is -2.89. The van der Waals surface area contributed by atoms with Crippen molar-refractivity contribution in [3.8, 4) is 5.75 Å². The molecule has 0 saturated carbocycles. The zero-order valence-corrected chi connectivity index (χ0v) is 15.2. The highest BCUT2D eigenvalue weighted by molar-refractivity contribution is 6.03. The lowest BCUT2D eigenvalue weighted by Gasteiger charge is -2.26. The van der Waals surface area contributed by atoms with Crippen molar-refractivity contribution >= 4 is 11.7 Å². The molecule has 0 radical (unpaired) electrons. The number of benzene rings is 2. The lowest BCUT2D eigenvalue weighted by Crippen LogP contribution is -2.39. The van der Waals surface area contributed by atoms with Crippen molar-refractivity contribution in [1.82, 2.24) is 9.91 Å². The number of hydrazone groups is 1. The van der Waals surface area contributed by atoms with Gasteiger partial charge >= 0.3 is 6.03 Å². The maximum atomic E-state index is 14.4. The summed E-state index contributed by atoms with van der Waals surface area (Å²) in [6.45, 7) is 3.33. The normalized spacial score (nSPS) is 19.5. The van der Waals surface area contributed by atoms with Crippen LogP contribution in [-0.4, -0.2) is 39.8 Å². The Morgan fingerprint density at radius 2 is 1.96 bits per heavy atom. The molecule has 1 N–H and O–H groups in total. The van der Waals surface area contributed by atoms with Gasteiger partial charge in [-0.05, 0) is 49.6 Å². The van der Waals surface area contributed by atoms with Crippen LogP contribution in [-0.2, 0) is 0 Å². The van der Waals surface area contributed by atoms with Gasteiger partial charge in [0, 0.05) is 25.1 Å². The van der Waals surface area contributed by atoms with E-state index in [0.717, 1.165) is 24.0 Å². The van der Waals surface area contributed by atoms with Crippen LogP contribution in [0.25, 0.3) is 0 Å². The van der Waals surface area contributed by atoms with E-state index in [0.29, 0.717) is 30.8 Å². The molecular weight excluding hydrogens is 345 g/mol. The van der Waals surface area contributed by atoms with Gasteiger partial charge in [-0.2, -0.15) is 5.10 Å². The molecule has 0 spiro atoms. The summed E-state index contributed by atoms with van der Waals surface area (Å²) in [7, 11) is 0. The van der Waals surface area contributed by atoms with Crippen LogP contribution in [0.15, 0.2) is 47.6 Å². The summed E-state index contributed by atoms with van der Waals surface area (Å²) in [6, 6.07) is 11.2. The monoisotopic (exact) mass is 367 g/mol. The summed E-state index contributed by atoms with van der Waals surface area (Å²) < 4.78 is 14.4. The first-order chi connectivity index (χ1) is 13.0. The molecule has 2 aliphatic heterocycles. The Labute approximate surface area is 157 Å². The number of aryl methyl sites for hydroxylation is 1. The molecule has 5 nitrogen and oxygen atoms in total. The van der Waals surface area contributed by atoms with Crippen molar-refractivity contribution < 1.29 is 14.3 Å². The molecule has 1 unspecified atom stereocenters. The van der Waals surface area contributed by atoms with Gasteiger partial charge in [-0.3, -0.25) is 0 Å². The Morgan fingerprint density at radius 1 is 1.19 bits per heavy atom. The fourth-order valence-corrected chi connectivity index (χ4v) is 3.75. The average molecular weight is 367 g/mol. The van der Waals surface area contributed by atoms with E-state index in [2.05, 4.69) is 5.10 Å². The summed E-state index contributed by atoms with van der Waals surface area (Å²) >= 11 is 0. The van der Waals surface area contributed by atoms with Crippen molar-refractivity contribution in [2.24, 2.45) is 5.10 Å². The predicted molar refractivity (Wildman–Crippen MR) is 101 cm³/mol. The SMILES string of the molecule is Cc1ccc(F)c(C2=NN(C(=O)N3CCCC3)C(c3cccc(O)c3)C2)c1. The highest BCUT2D eigenvalue weighted by Gasteiger charge is 2.36. The molecule has 0 aromatic heterocycles. The third kappa shape index (κ3) is 3.39. The average Bonchev–Trinajstić information content (AvgIpc) is 3.33. The Balaban J connectivity index is 1.72. The van der Waals surface area contributed by atoms with Crippen LogP contribution in [0.4, 0.5) is 9.18 Å². The van der Waals surface area contributed by atoms with Gasteiger partial charge in [-0.25, -0.2) is 14.2 Å². The van der Waals surface area contributed by atoms with Crippen LogP contribution >= 0.6 is 0 Å². The second kappa shape index (κ2) is 7.02. The standard InChI is InChI=1S/C21H22FN3O2/c1-14-7-8-18(22)17(11-14)19-13-20(15-5-4-6-16(26)12-15)25(23-19)21(27)24-9-2-3-10-24/h4-8,11-12,20,26H,2-3,9-10,13H2,1H3. The van der Waals surface area contributed by atoms with E-state index in [1.54, 1.807) is 35.2 Å². The number of carbonyl (C=O) groups excluding carboxylic acids is 1. The van der Waals surface area contributed by atoms with Gasteiger partial charge in [0.15, 0.2) is 0 Å². The first kappa shape index (κ1) is 17.5. The van der Waals surface area contributed by atoms with E-state index in [4.69, 9.17) is 0 Å². The zero-order chi connectivity index (χ0) is 19.0. The molecule has 2 aromatic carbocycles. The van der Waals surface area contributed by atoms with Crippen molar-refractivity contribution in [2.45, 2.75) is 32.2 Å². The number of phenols is 1. The lowest BCUT2D eigenvalue weighted by molar-refractivity contribution is 0.151. The number of likely N-dealkylation sites (tertiary alicyclic amines) is 1. The molecule has 1 saturated heterocycles. The number of urea groups is 1. The van der Waals surface area contributed by atoms with Crippen LogP contribution in [0.3, 0.4) is 0 Å². The van der Waals surface area contributed by atoms with Gasteiger partial charge in [0.2, 0.25) is 0 Å². The molecule has 4 rings (SSSR count). The number of aromatic hydroxyl groups is 1. The van der Waals surface area contributed by atoms with Crippen LogP contribution in [0, 0.1) is 12.7 Å². The van der Waals surface area contributed by atoms with Crippen molar-refractivity contribution in [3.05, 3.63) is 65.0 Å². The fraction of sp³-hybridized carbons (Fsp3) is 0.333. The van der Waals surface area contributed by atoms with E-state index in [1.165, 1.54) is 11.1 Å². The van der Waals surface area contributed by atoms with Crippen LogP contribution in [0.2, 0.25) is 0 Å². The van der Waals surface area contributed by atoms with Crippen LogP contribution in [0.1, 0.15) is 42.0 Å². The first-order valence-corrected chi connectivity index (χ1v) is 9.24. The summed E-state index contributed by atoms with van der Waals surface area (Å²) in [5, 5.41) is 15.8. The number of carbonyl (C=O) groups is 1. The summed E-state index contributed by atoms with van der Waals surface area (Å²) in [4.78, 5) is 14.8. The second-order valence-corrected chi connectivity index (χ2v) is 7.17. The summed E-state index contributed by atoms with van der Waals surface area (Å²) in [5.74, 6) is -0.208. The van der Waals surface area contributed by atoms with Gasteiger partial charge in [0.05, 0.1) is 11.8 Å². The van der Waals surface area contributed by atoms with Gasteiger partial charge in [0.1, 0.15) is 11.6 Å². The Morgan fingerprint density at radius 3 is 2.70 bits per heavy atom. The third-order valence-electron chi connectivity index (χ3n) is 5.17. The van der Waals surface area contributed by atoms with Crippen molar-refractivity contribution in [3.63, 3.8) is 0 Å². The van der Waals surface area contributed by atoms with E-state index < -0.39 is 0 Å². The van der Waals surface area contributed by atoms with E-state index in [1.807, 2.05) is 13.0 Å². The molecule has 2 amide bonds. The van der Waals surface area contributed by atoms with Gasteiger partial charge in [-0.1, -0.05) is 23.8 Å². The number of rotatable bonds is 2. The zero-order valence-electron chi connectivity index (χ0n) is 15.2. The number of halogens is 1. The van der Waals surface area contributed by atoms with Crippen LogP contribution < -0.4 is 0 Å². The van der Waals surface area contributed by atoms with Gasteiger partial charge < -0.3 is 10.0 Å². The highest BCUT2D eigenvalue weighted by Crippen LogP contribution is 2.35. The maximum Gasteiger partial charge on any atom is 0.341 e. The summed E-state index contributed by atoms with van der Waals surface area (Å²) in [5.41, 5.74) is 2.70. The third-order valence-corrected chi connectivity index (χ3v) is 5.17. The van der Waals surface area contributed by atoms with Crippen molar-refractivity contribution in [1.29, 1.82) is 0 Å². The minimum absolute atomic E-state index is 0.135. The van der Waals surface area contributed by atoms with E-state index in [-0.39, 0.29) is 23.6 Å². The number of amides is 2. The molecular formula is C21H22FN3O2. The van der Waals surface area contributed by atoms with E-state index in [9.17, 15) is 14.3 Å². The molecule has 140 valence electrons. The molecule has 0 aliphatic carbocycles. The first-order valence-electron chi connectivity index (χ1n) is 9.24. The minimum Gasteiger partial charge on any atom is -0.508 e. The van der Waals surface area contributed by atoms with Gasteiger partial charge in [0.25, 0.3) is 0 Å². The second-order valence-electron chi connectivity index (χ2n) is 7.17. The molecule has 1 fully saturated rings. The molecule has 2 aromatic rings. The largest absolute Gasteiger partial charge is 0.508 e. The molecule has 27 heavy (non-hydrogen) atoms. The van der Waals surface area contributed by atoms with E-state index >= 15 is 0 Å². The topological polar surface area (TPSA) is 56.1 Å².